The first-order valence-electron chi connectivity index (χ1n) is 7.91. The van der Waals surface area contributed by atoms with E-state index in [0.29, 0.717) is 11.0 Å². The number of H-pyrrole nitrogens is 1. The number of aliphatic hydroxyl groups is 1. The van der Waals surface area contributed by atoms with Crippen LogP contribution in [0.1, 0.15) is 17.4 Å². The van der Waals surface area contributed by atoms with Gasteiger partial charge in [0.1, 0.15) is 11.8 Å². The number of aromatic nitrogens is 2. The third kappa shape index (κ3) is 3.83. The van der Waals surface area contributed by atoms with Gasteiger partial charge in [-0.1, -0.05) is 12.1 Å². The normalized spacial score (nSPS) is 12.5. The van der Waals surface area contributed by atoms with Gasteiger partial charge in [-0.25, -0.2) is 15.2 Å². The van der Waals surface area contributed by atoms with Crippen molar-refractivity contribution >= 4 is 28.5 Å². The van der Waals surface area contributed by atoms with Gasteiger partial charge in [0.2, 0.25) is 0 Å². The molecule has 0 saturated carbocycles. The number of aliphatic hydroxyl groups excluding tert-OH is 1. The lowest BCUT2D eigenvalue weighted by atomic mass is 10.0. The van der Waals surface area contributed by atoms with Gasteiger partial charge in [0.05, 0.1) is 16.0 Å². The Morgan fingerprint density at radius 2 is 1.93 bits per heavy atom. The Morgan fingerprint density at radius 1 is 1.25 bits per heavy atom. The predicted octanol–water partition coefficient (Wildman–Crippen LogP) is 0.937. The van der Waals surface area contributed by atoms with Crippen molar-refractivity contribution in [2.75, 3.05) is 0 Å². The number of aromatic amines is 1. The van der Waals surface area contributed by atoms with E-state index in [0.717, 1.165) is 0 Å². The Balaban J connectivity index is 2.10. The van der Waals surface area contributed by atoms with Crippen LogP contribution in [0, 0.1) is 10.1 Å². The highest BCUT2D eigenvalue weighted by molar-refractivity contribution is 6.03. The van der Waals surface area contributed by atoms with E-state index in [-0.39, 0.29) is 22.7 Å². The second kappa shape index (κ2) is 7.63. The molecule has 2 aromatic carbocycles. The minimum absolute atomic E-state index is 0.175. The van der Waals surface area contributed by atoms with Crippen LogP contribution in [0.3, 0.4) is 0 Å². The molecule has 0 saturated heterocycles. The molecule has 1 heterocycles. The number of nitrogens with two attached hydrogens (primary N) is 1. The second-order valence-electron chi connectivity index (χ2n) is 5.66. The quantitative estimate of drug-likeness (QED) is 0.290. The van der Waals surface area contributed by atoms with Crippen molar-refractivity contribution in [1.29, 1.82) is 0 Å². The van der Waals surface area contributed by atoms with Gasteiger partial charge in [0.15, 0.2) is 5.69 Å². The molecule has 11 heteroatoms. The van der Waals surface area contributed by atoms with E-state index in [2.05, 4.69) is 15.1 Å². The molecule has 0 aliphatic rings. The fraction of sp³-hybridized carbons (Fsp3) is 0.0588. The lowest BCUT2D eigenvalue weighted by Crippen LogP contribution is -2.31. The molecule has 28 heavy (non-hydrogen) atoms. The first-order chi connectivity index (χ1) is 13.4. The van der Waals surface area contributed by atoms with Crippen molar-refractivity contribution in [3.05, 3.63) is 80.3 Å². The number of nitro benzene ring substituents is 1. The van der Waals surface area contributed by atoms with E-state index in [1.165, 1.54) is 24.3 Å². The number of non-ortho nitro benzene ring substituents is 1. The van der Waals surface area contributed by atoms with E-state index in [9.17, 15) is 24.8 Å². The van der Waals surface area contributed by atoms with Gasteiger partial charge < -0.3 is 15.8 Å². The number of fused-ring (bicyclic) bond motifs is 1. The number of urea groups is 1. The number of nitrogens with one attached hydrogen (secondary N) is 2. The number of rotatable bonds is 5. The summed E-state index contributed by atoms with van der Waals surface area (Å²) in [6, 6.07) is 10.7. The average Bonchev–Trinajstić information content (AvgIpc) is 2.68. The molecular formula is C17H14N6O5. The zero-order valence-corrected chi connectivity index (χ0v) is 14.2. The smallest absolute Gasteiger partial charge is 0.332 e. The third-order valence-electron chi connectivity index (χ3n) is 3.81. The van der Waals surface area contributed by atoms with Crippen molar-refractivity contribution in [2.45, 2.75) is 6.10 Å². The Hall–Kier alpha value is -4.12. The standard InChI is InChI=1S/C17H14N6O5/c18-17(26)22-21-13(15(24)9-5-7-10(8-6-9)23(27)28)14-16(25)20-12-4-2-1-3-11(12)19-14/h1-8,15,24H,(H,20,25)(H3,18,22,26). The largest absolute Gasteiger partial charge is 0.382 e. The van der Waals surface area contributed by atoms with Crippen LogP contribution in [0.4, 0.5) is 10.5 Å². The predicted molar refractivity (Wildman–Crippen MR) is 99.7 cm³/mol. The van der Waals surface area contributed by atoms with E-state index in [4.69, 9.17) is 5.73 Å². The number of benzene rings is 2. The van der Waals surface area contributed by atoms with E-state index < -0.39 is 22.6 Å². The van der Waals surface area contributed by atoms with E-state index in [1.807, 2.05) is 5.43 Å². The number of para-hydroxylation sites is 2. The van der Waals surface area contributed by atoms with Crippen LogP contribution >= 0.6 is 0 Å². The molecule has 0 aliphatic heterocycles. The van der Waals surface area contributed by atoms with Gasteiger partial charge >= 0.3 is 6.03 Å². The minimum Gasteiger partial charge on any atom is -0.382 e. The highest BCUT2D eigenvalue weighted by Gasteiger charge is 2.23. The summed E-state index contributed by atoms with van der Waals surface area (Å²) < 4.78 is 0. The van der Waals surface area contributed by atoms with Crippen LogP contribution in [0.15, 0.2) is 58.4 Å². The zero-order valence-electron chi connectivity index (χ0n) is 14.2. The van der Waals surface area contributed by atoms with Crippen molar-refractivity contribution in [1.82, 2.24) is 15.4 Å². The average molecular weight is 382 g/mol. The second-order valence-corrected chi connectivity index (χ2v) is 5.66. The SMILES string of the molecule is NC(=O)NN=C(c1nc2ccccc2[nH]c1=O)C(O)c1ccc([N+](=O)[O-])cc1. The molecule has 0 bridgehead atoms. The molecular weight excluding hydrogens is 368 g/mol. The molecule has 1 aromatic heterocycles. The Morgan fingerprint density at radius 3 is 2.57 bits per heavy atom. The number of hydrogen-bond acceptors (Lipinski definition) is 7. The molecule has 3 rings (SSSR count). The summed E-state index contributed by atoms with van der Waals surface area (Å²) in [7, 11) is 0. The first kappa shape index (κ1) is 18.7. The van der Waals surface area contributed by atoms with Gasteiger partial charge in [0.25, 0.3) is 11.2 Å². The maximum Gasteiger partial charge on any atom is 0.332 e. The number of hydrogen-bond donors (Lipinski definition) is 4. The third-order valence-corrected chi connectivity index (χ3v) is 3.81. The molecule has 3 aromatic rings. The minimum atomic E-state index is -1.51. The number of carbonyl (C=O) groups is 1. The molecule has 0 spiro atoms. The van der Waals surface area contributed by atoms with Gasteiger partial charge in [-0.3, -0.25) is 14.9 Å². The lowest BCUT2D eigenvalue weighted by Gasteiger charge is -2.14. The highest BCUT2D eigenvalue weighted by atomic mass is 16.6. The number of primary amides is 1. The Bertz CT molecular complexity index is 1140. The number of nitrogens with zero attached hydrogens (tertiary/aromatic N) is 3. The van der Waals surface area contributed by atoms with Crippen LogP contribution < -0.4 is 16.7 Å². The first-order valence-corrected chi connectivity index (χ1v) is 7.91. The summed E-state index contributed by atoms with van der Waals surface area (Å²) in [5.74, 6) is 0. The summed E-state index contributed by atoms with van der Waals surface area (Å²) in [5, 5.41) is 25.2. The van der Waals surface area contributed by atoms with Crippen molar-refractivity contribution < 1.29 is 14.8 Å². The number of carbonyl (C=O) groups excluding carboxylic acids is 1. The van der Waals surface area contributed by atoms with Gasteiger partial charge in [-0.2, -0.15) is 5.10 Å². The van der Waals surface area contributed by atoms with Gasteiger partial charge in [0, 0.05) is 12.1 Å². The van der Waals surface area contributed by atoms with Crippen LogP contribution in [-0.2, 0) is 0 Å². The maximum atomic E-state index is 12.5. The molecule has 0 radical (unpaired) electrons. The van der Waals surface area contributed by atoms with E-state index in [1.54, 1.807) is 24.3 Å². The summed E-state index contributed by atoms with van der Waals surface area (Å²) in [4.78, 5) is 40.5. The molecule has 0 fully saturated rings. The van der Waals surface area contributed by atoms with Crippen LogP contribution in [-0.4, -0.2) is 31.7 Å². The molecule has 11 nitrogen and oxygen atoms in total. The van der Waals surface area contributed by atoms with Crippen LogP contribution in [0.25, 0.3) is 11.0 Å². The zero-order chi connectivity index (χ0) is 20.3. The van der Waals surface area contributed by atoms with Crippen molar-refractivity contribution in [3.8, 4) is 0 Å². The molecule has 5 N–H and O–H groups in total. The van der Waals surface area contributed by atoms with Crippen LogP contribution in [0.5, 0.6) is 0 Å². The molecule has 142 valence electrons. The highest BCUT2D eigenvalue weighted by Crippen LogP contribution is 2.21. The van der Waals surface area contributed by atoms with Crippen LogP contribution in [0.2, 0.25) is 0 Å². The molecule has 2 amide bonds. The lowest BCUT2D eigenvalue weighted by molar-refractivity contribution is -0.384. The summed E-state index contributed by atoms with van der Waals surface area (Å²) in [6.07, 6.45) is -1.51. The van der Waals surface area contributed by atoms with Crippen molar-refractivity contribution in [3.63, 3.8) is 0 Å². The van der Waals surface area contributed by atoms with Gasteiger partial charge in [-0.05, 0) is 29.8 Å². The molecule has 1 unspecified atom stereocenters. The Labute approximate surface area is 156 Å². The topological polar surface area (TPSA) is 177 Å². The number of amides is 2. The summed E-state index contributed by atoms with van der Waals surface area (Å²) in [5.41, 5.74) is 6.75. The molecule has 1 atom stereocenters. The Kier molecular flexibility index (Phi) is 5.09. The fourth-order valence-electron chi connectivity index (χ4n) is 2.50. The fourth-order valence-corrected chi connectivity index (χ4v) is 2.50. The monoisotopic (exact) mass is 382 g/mol. The number of nitro groups is 1. The van der Waals surface area contributed by atoms with Crippen molar-refractivity contribution in [2.24, 2.45) is 10.8 Å². The summed E-state index contributed by atoms with van der Waals surface area (Å²) in [6.45, 7) is 0. The maximum absolute atomic E-state index is 12.5. The summed E-state index contributed by atoms with van der Waals surface area (Å²) >= 11 is 0. The molecule has 0 aliphatic carbocycles. The number of hydrazone groups is 1. The van der Waals surface area contributed by atoms with E-state index >= 15 is 0 Å². The van der Waals surface area contributed by atoms with Gasteiger partial charge in [-0.15, -0.1) is 0 Å².